The van der Waals surface area contributed by atoms with Crippen LogP contribution in [0.5, 0.6) is 17.4 Å². The van der Waals surface area contributed by atoms with Gasteiger partial charge in [-0.15, -0.1) is 0 Å². The number of ether oxygens (including phenoxy) is 3. The monoisotopic (exact) mass is 530 g/mol. The maximum atomic E-state index is 13.2. The predicted octanol–water partition coefficient (Wildman–Crippen LogP) is 4.82. The molecule has 2 aromatic carbocycles. The first-order valence-electron chi connectivity index (χ1n) is 12.0. The Hall–Kier alpha value is -4.09. The van der Waals surface area contributed by atoms with Gasteiger partial charge in [0.25, 0.3) is 5.91 Å². The number of alkyl halides is 3. The maximum Gasteiger partial charge on any atom is 0.416 e. The minimum Gasteiger partial charge on any atom is -0.493 e. The van der Waals surface area contributed by atoms with Gasteiger partial charge in [-0.2, -0.15) is 13.2 Å². The van der Waals surface area contributed by atoms with Gasteiger partial charge in [0.15, 0.2) is 11.5 Å². The van der Waals surface area contributed by atoms with Crippen LogP contribution in [0.1, 0.15) is 31.2 Å². The third kappa shape index (κ3) is 4.77. The first kappa shape index (κ1) is 25.6. The lowest BCUT2D eigenvalue weighted by Gasteiger charge is -2.34. The largest absolute Gasteiger partial charge is 0.493 e. The van der Waals surface area contributed by atoms with E-state index in [0.717, 1.165) is 21.9 Å². The van der Waals surface area contributed by atoms with Gasteiger partial charge in [-0.05, 0) is 43.5 Å². The molecule has 2 heterocycles. The number of halogens is 3. The van der Waals surface area contributed by atoms with Gasteiger partial charge in [0.2, 0.25) is 5.88 Å². The molecule has 3 aromatic rings. The second-order valence-corrected chi connectivity index (χ2v) is 9.14. The van der Waals surface area contributed by atoms with Crippen molar-refractivity contribution in [1.29, 1.82) is 0 Å². The minimum atomic E-state index is -4.56. The van der Waals surface area contributed by atoms with Crippen molar-refractivity contribution in [1.82, 2.24) is 14.9 Å². The fraction of sp³-hybridized carbons (Fsp3) is 0.385. The normalized spacial score (nSPS) is 20.2. The summed E-state index contributed by atoms with van der Waals surface area (Å²) in [5, 5.41) is 0.622. The number of benzene rings is 2. The van der Waals surface area contributed by atoms with E-state index in [-0.39, 0.29) is 18.3 Å². The number of amides is 3. The molecule has 38 heavy (non-hydrogen) atoms. The van der Waals surface area contributed by atoms with Gasteiger partial charge < -0.3 is 14.2 Å². The van der Waals surface area contributed by atoms with Crippen LogP contribution in [-0.4, -0.2) is 59.7 Å². The first-order chi connectivity index (χ1) is 18.2. The van der Waals surface area contributed by atoms with Gasteiger partial charge in [-0.3, -0.25) is 14.6 Å². The Morgan fingerprint density at radius 3 is 2.50 bits per heavy atom. The summed E-state index contributed by atoms with van der Waals surface area (Å²) in [7, 11) is 3.05. The molecule has 1 saturated heterocycles. The van der Waals surface area contributed by atoms with E-state index < -0.39 is 29.7 Å². The molecule has 0 unspecified atom stereocenters. The highest BCUT2D eigenvalue weighted by molar-refractivity contribution is 6.12. The second kappa shape index (κ2) is 9.99. The molecule has 1 aromatic heterocycles. The van der Waals surface area contributed by atoms with Gasteiger partial charge in [0, 0.05) is 24.2 Å². The molecule has 1 aliphatic heterocycles. The second-order valence-electron chi connectivity index (χ2n) is 9.14. The van der Waals surface area contributed by atoms with Gasteiger partial charge in [-0.25, -0.2) is 14.8 Å². The van der Waals surface area contributed by atoms with Crippen LogP contribution in [0.2, 0.25) is 0 Å². The molecule has 9 nitrogen and oxygen atoms in total. The molecule has 5 rings (SSSR count). The average Bonchev–Trinajstić information content (AvgIpc) is 3.21. The SMILES string of the molecule is COc1cc2ncnc(O[C@H]3CCC[C@H](N4C(=O)CN(c5cccc(C(F)(F)F)c5)C4=O)C3)c2cc1OC. The van der Waals surface area contributed by atoms with Crippen LogP contribution < -0.4 is 19.1 Å². The zero-order chi connectivity index (χ0) is 27.0. The Morgan fingerprint density at radius 1 is 1.00 bits per heavy atom. The predicted molar refractivity (Wildman–Crippen MR) is 130 cm³/mol. The number of fused-ring (bicyclic) bond motifs is 1. The van der Waals surface area contributed by atoms with Crippen molar-refractivity contribution in [2.24, 2.45) is 0 Å². The highest BCUT2D eigenvalue weighted by atomic mass is 19.4. The van der Waals surface area contributed by atoms with Crippen molar-refractivity contribution < 1.29 is 37.0 Å². The molecule has 200 valence electrons. The number of rotatable bonds is 6. The Morgan fingerprint density at radius 2 is 1.76 bits per heavy atom. The molecule has 0 bridgehead atoms. The van der Waals surface area contributed by atoms with Crippen LogP contribution in [0.25, 0.3) is 10.9 Å². The minimum absolute atomic E-state index is 0.0288. The number of hydrogen-bond acceptors (Lipinski definition) is 7. The van der Waals surface area contributed by atoms with E-state index in [9.17, 15) is 22.8 Å². The van der Waals surface area contributed by atoms with E-state index >= 15 is 0 Å². The van der Waals surface area contributed by atoms with E-state index in [2.05, 4.69) is 9.97 Å². The van der Waals surface area contributed by atoms with E-state index in [0.29, 0.717) is 54.0 Å². The fourth-order valence-electron chi connectivity index (χ4n) is 5.00. The van der Waals surface area contributed by atoms with Crippen molar-refractivity contribution in [2.75, 3.05) is 25.7 Å². The zero-order valence-corrected chi connectivity index (χ0v) is 20.7. The first-order valence-corrected chi connectivity index (χ1v) is 12.0. The number of carbonyl (C=O) groups excluding carboxylic acids is 2. The van der Waals surface area contributed by atoms with Crippen LogP contribution >= 0.6 is 0 Å². The van der Waals surface area contributed by atoms with Crippen molar-refractivity contribution in [3.8, 4) is 17.4 Å². The molecule has 1 aliphatic carbocycles. The molecular formula is C26H25F3N4O5. The van der Waals surface area contributed by atoms with E-state index in [4.69, 9.17) is 14.2 Å². The van der Waals surface area contributed by atoms with Crippen LogP contribution in [0, 0.1) is 0 Å². The number of methoxy groups -OCH3 is 2. The smallest absolute Gasteiger partial charge is 0.416 e. The number of nitrogens with zero attached hydrogens (tertiary/aromatic N) is 4. The van der Waals surface area contributed by atoms with Crippen LogP contribution in [-0.2, 0) is 11.0 Å². The molecule has 0 N–H and O–H groups in total. The lowest BCUT2D eigenvalue weighted by molar-refractivity contribution is -0.137. The van der Waals surface area contributed by atoms with E-state index in [1.807, 2.05) is 0 Å². The molecular weight excluding hydrogens is 505 g/mol. The third-order valence-electron chi connectivity index (χ3n) is 6.83. The lowest BCUT2D eigenvalue weighted by Crippen LogP contribution is -2.45. The summed E-state index contributed by atoms with van der Waals surface area (Å²) in [5.74, 6) is 0.886. The number of anilines is 1. The number of imide groups is 1. The molecule has 3 amide bonds. The summed E-state index contributed by atoms with van der Waals surface area (Å²) >= 11 is 0. The highest BCUT2D eigenvalue weighted by Gasteiger charge is 2.43. The molecule has 2 aliphatic rings. The molecule has 2 atom stereocenters. The highest BCUT2D eigenvalue weighted by Crippen LogP contribution is 2.37. The van der Waals surface area contributed by atoms with Gasteiger partial charge >= 0.3 is 12.2 Å². The summed E-state index contributed by atoms with van der Waals surface area (Å²) in [5.41, 5.74) is -0.256. The summed E-state index contributed by atoms with van der Waals surface area (Å²) in [6.45, 7) is -0.319. The molecule has 0 spiro atoms. The van der Waals surface area contributed by atoms with Crippen LogP contribution in [0.4, 0.5) is 23.7 Å². The zero-order valence-electron chi connectivity index (χ0n) is 20.7. The van der Waals surface area contributed by atoms with Gasteiger partial charge in [-0.1, -0.05) is 6.07 Å². The lowest BCUT2D eigenvalue weighted by atomic mass is 9.92. The van der Waals surface area contributed by atoms with Gasteiger partial charge in [0.05, 0.1) is 30.7 Å². The van der Waals surface area contributed by atoms with E-state index in [1.165, 1.54) is 32.7 Å². The summed E-state index contributed by atoms with van der Waals surface area (Å²) < 4.78 is 56.5. The molecule has 2 fully saturated rings. The molecule has 0 radical (unpaired) electrons. The Bertz CT molecular complexity index is 1380. The molecule has 12 heteroatoms. The third-order valence-corrected chi connectivity index (χ3v) is 6.83. The molecule has 1 saturated carbocycles. The quantitative estimate of drug-likeness (QED) is 0.422. The van der Waals surface area contributed by atoms with E-state index in [1.54, 1.807) is 12.1 Å². The van der Waals surface area contributed by atoms with Crippen molar-refractivity contribution in [3.05, 3.63) is 48.3 Å². The standard InChI is InChI=1S/C26H25F3N4O5/c1-36-21-11-19-20(12-22(21)37-2)30-14-31-24(19)38-18-8-4-7-17(10-18)33-23(34)13-32(25(33)35)16-6-3-5-15(9-16)26(27,28)29/h3,5-6,9,11-12,14,17-18H,4,7-8,10,13H2,1-2H3/t17-,18-/m0/s1. The number of aromatic nitrogens is 2. The average molecular weight is 531 g/mol. The topological polar surface area (TPSA) is 94.1 Å². The number of hydrogen-bond donors (Lipinski definition) is 0. The summed E-state index contributed by atoms with van der Waals surface area (Å²) in [6, 6.07) is 6.78. The van der Waals surface area contributed by atoms with Crippen molar-refractivity contribution in [2.45, 2.75) is 44.0 Å². The number of carbonyl (C=O) groups is 2. The van der Waals surface area contributed by atoms with Crippen LogP contribution in [0.3, 0.4) is 0 Å². The Labute approximate surface area is 216 Å². The number of urea groups is 1. The Kier molecular flexibility index (Phi) is 6.72. The van der Waals surface area contributed by atoms with Gasteiger partial charge in [0.1, 0.15) is 19.0 Å². The van der Waals surface area contributed by atoms with Crippen molar-refractivity contribution in [3.63, 3.8) is 0 Å². The van der Waals surface area contributed by atoms with Crippen LogP contribution in [0.15, 0.2) is 42.7 Å². The maximum absolute atomic E-state index is 13.2. The Balaban J connectivity index is 1.34. The summed E-state index contributed by atoms with van der Waals surface area (Å²) in [4.78, 5) is 36.9. The summed E-state index contributed by atoms with van der Waals surface area (Å²) in [6.07, 6.45) is -1.21. The van der Waals surface area contributed by atoms with Crippen molar-refractivity contribution >= 4 is 28.5 Å². The fourth-order valence-corrected chi connectivity index (χ4v) is 5.00.